The van der Waals surface area contributed by atoms with Gasteiger partial charge >= 0.3 is 0 Å². The fourth-order valence-electron chi connectivity index (χ4n) is 5.97. The van der Waals surface area contributed by atoms with E-state index in [9.17, 15) is 0 Å². The van der Waals surface area contributed by atoms with Crippen LogP contribution in [0.15, 0.2) is 140 Å². The third-order valence-electron chi connectivity index (χ3n) is 7.82. The average Bonchev–Trinajstić information content (AvgIpc) is 3.32. The zero-order valence-electron chi connectivity index (χ0n) is 20.7. The second-order valence-corrected chi connectivity index (χ2v) is 10.0. The number of rotatable bonds is 3. The highest BCUT2D eigenvalue weighted by Gasteiger charge is 2.21. The van der Waals surface area contributed by atoms with Crippen LogP contribution < -0.4 is 0 Å². The Morgan fingerprint density at radius 3 is 1.76 bits per heavy atom. The van der Waals surface area contributed by atoms with E-state index in [1.54, 1.807) is 0 Å². The minimum absolute atomic E-state index is 0.993. The molecule has 0 fully saturated rings. The van der Waals surface area contributed by atoms with Gasteiger partial charge in [-0.3, -0.25) is 4.98 Å². The first kappa shape index (κ1) is 21.1. The van der Waals surface area contributed by atoms with Gasteiger partial charge in [0.2, 0.25) is 0 Å². The van der Waals surface area contributed by atoms with Crippen molar-refractivity contribution in [3.05, 3.63) is 140 Å². The van der Waals surface area contributed by atoms with Crippen LogP contribution >= 0.6 is 0 Å². The minimum atomic E-state index is 0.993. The molecule has 1 nitrogen and oxygen atoms in total. The zero-order valence-corrected chi connectivity index (χ0v) is 20.7. The third-order valence-corrected chi connectivity index (χ3v) is 7.82. The molecular weight excluding hydrogens is 458 g/mol. The van der Waals surface area contributed by atoms with Gasteiger partial charge in [-0.1, -0.05) is 97.1 Å². The summed E-state index contributed by atoms with van der Waals surface area (Å²) in [5, 5.41) is 5.15. The molecule has 8 rings (SSSR count). The van der Waals surface area contributed by atoms with E-state index in [4.69, 9.17) is 0 Å². The van der Waals surface area contributed by atoms with E-state index in [1.807, 2.05) is 12.3 Å². The smallest absolute Gasteiger partial charge is 0.0708 e. The van der Waals surface area contributed by atoms with Gasteiger partial charge in [-0.2, -0.15) is 0 Å². The van der Waals surface area contributed by atoms with Gasteiger partial charge in [0.25, 0.3) is 0 Å². The molecule has 38 heavy (non-hydrogen) atoms. The third kappa shape index (κ3) is 3.29. The molecule has 0 bridgehead atoms. The van der Waals surface area contributed by atoms with Crippen molar-refractivity contribution in [2.45, 2.75) is 0 Å². The van der Waals surface area contributed by atoms with Crippen molar-refractivity contribution >= 4 is 21.5 Å². The zero-order chi connectivity index (χ0) is 25.1. The lowest BCUT2D eigenvalue weighted by atomic mass is 9.94. The van der Waals surface area contributed by atoms with Crippen molar-refractivity contribution in [3.63, 3.8) is 0 Å². The van der Waals surface area contributed by atoms with Crippen LogP contribution in [0.4, 0.5) is 0 Å². The normalized spacial score (nSPS) is 11.7. The van der Waals surface area contributed by atoms with Crippen LogP contribution in [0.1, 0.15) is 0 Å². The molecule has 176 valence electrons. The Balaban J connectivity index is 1.20. The standard InChI is InChI=1S/C37H23N/c1-2-7-24(8-3-1)36-23-29(17-18-38-36)27-14-13-26-20-28(16-15-25(26)19-27)31-21-30-9-6-12-34-32-10-4-5-11-33(32)35(22-31)37(30)34/h1-23H. The van der Waals surface area contributed by atoms with Gasteiger partial charge in [0.05, 0.1) is 5.69 Å². The first-order chi connectivity index (χ1) is 18.8. The number of pyridine rings is 1. The van der Waals surface area contributed by atoms with Crippen molar-refractivity contribution in [1.82, 2.24) is 4.98 Å². The quantitative estimate of drug-likeness (QED) is 0.245. The summed E-state index contributed by atoms with van der Waals surface area (Å²) in [5.74, 6) is 0. The summed E-state index contributed by atoms with van der Waals surface area (Å²) in [6.07, 6.45) is 1.90. The first-order valence-electron chi connectivity index (χ1n) is 13.0. The van der Waals surface area contributed by atoms with Gasteiger partial charge in [0.1, 0.15) is 0 Å². The van der Waals surface area contributed by atoms with Gasteiger partial charge in [-0.15, -0.1) is 0 Å². The van der Waals surface area contributed by atoms with E-state index in [1.165, 1.54) is 66.1 Å². The molecule has 0 saturated carbocycles. The average molecular weight is 482 g/mol. The van der Waals surface area contributed by atoms with Crippen LogP contribution in [0.2, 0.25) is 0 Å². The van der Waals surface area contributed by atoms with Crippen LogP contribution in [0, 0.1) is 0 Å². The molecule has 1 heteroatoms. The Labute approximate surface area is 221 Å². The molecule has 0 atom stereocenters. The molecular formula is C37H23N. The predicted octanol–water partition coefficient (Wildman–Crippen LogP) is 10.0. The lowest BCUT2D eigenvalue weighted by Crippen LogP contribution is -1.86. The van der Waals surface area contributed by atoms with Crippen LogP contribution in [0.5, 0.6) is 0 Å². The number of nitrogens with zero attached hydrogens (tertiary/aromatic N) is 1. The second-order valence-electron chi connectivity index (χ2n) is 10.0. The molecule has 1 aromatic heterocycles. The summed E-state index contributed by atoms with van der Waals surface area (Å²) in [7, 11) is 0. The monoisotopic (exact) mass is 481 g/mol. The highest BCUT2D eigenvalue weighted by Crippen LogP contribution is 2.48. The molecule has 0 unspecified atom stereocenters. The molecule has 0 saturated heterocycles. The van der Waals surface area contributed by atoms with E-state index in [-0.39, 0.29) is 0 Å². The first-order valence-corrected chi connectivity index (χ1v) is 13.0. The summed E-state index contributed by atoms with van der Waals surface area (Å²) < 4.78 is 0. The number of fused-ring (bicyclic) bond motifs is 4. The maximum atomic E-state index is 4.60. The Kier molecular flexibility index (Phi) is 4.59. The number of hydrogen-bond donors (Lipinski definition) is 0. The molecule has 1 aliphatic carbocycles. The number of benzene rings is 6. The Bertz CT molecular complexity index is 2020. The highest BCUT2D eigenvalue weighted by molar-refractivity contribution is 6.16. The summed E-state index contributed by atoms with van der Waals surface area (Å²) in [4.78, 5) is 4.60. The van der Waals surface area contributed by atoms with Gasteiger partial charge in [-0.05, 0) is 102 Å². The van der Waals surface area contributed by atoms with Gasteiger partial charge < -0.3 is 0 Å². The maximum Gasteiger partial charge on any atom is 0.0708 e. The topological polar surface area (TPSA) is 12.9 Å². The van der Waals surface area contributed by atoms with Crippen molar-refractivity contribution in [2.75, 3.05) is 0 Å². The molecule has 0 N–H and O–H groups in total. The van der Waals surface area contributed by atoms with Gasteiger partial charge in [0, 0.05) is 11.8 Å². The largest absolute Gasteiger partial charge is 0.256 e. The lowest BCUT2D eigenvalue weighted by molar-refractivity contribution is 1.33. The fourth-order valence-corrected chi connectivity index (χ4v) is 5.97. The van der Waals surface area contributed by atoms with Crippen molar-refractivity contribution in [2.24, 2.45) is 0 Å². The number of aromatic nitrogens is 1. The summed E-state index contributed by atoms with van der Waals surface area (Å²) in [6.45, 7) is 0. The summed E-state index contributed by atoms with van der Waals surface area (Å²) >= 11 is 0. The molecule has 0 amide bonds. The molecule has 0 spiro atoms. The van der Waals surface area contributed by atoms with E-state index >= 15 is 0 Å². The Morgan fingerprint density at radius 1 is 0.342 bits per heavy atom. The molecule has 1 aliphatic rings. The highest BCUT2D eigenvalue weighted by atomic mass is 14.7. The Hall–Kier alpha value is -5.01. The van der Waals surface area contributed by atoms with Gasteiger partial charge in [-0.25, -0.2) is 0 Å². The van der Waals surface area contributed by atoms with Crippen molar-refractivity contribution in [1.29, 1.82) is 0 Å². The van der Waals surface area contributed by atoms with E-state index in [0.29, 0.717) is 0 Å². The SMILES string of the molecule is c1ccc(-c2cc(-c3ccc4cc(-c5cc6c7c(cccc7c5)-c5ccccc5-6)ccc4c3)ccn2)cc1. The second kappa shape index (κ2) is 8.26. The summed E-state index contributed by atoms with van der Waals surface area (Å²) in [6, 6.07) is 48.3. The minimum Gasteiger partial charge on any atom is -0.256 e. The van der Waals surface area contributed by atoms with Crippen molar-refractivity contribution < 1.29 is 0 Å². The van der Waals surface area contributed by atoms with Crippen LogP contribution in [-0.2, 0) is 0 Å². The summed E-state index contributed by atoms with van der Waals surface area (Å²) in [5.41, 5.74) is 12.4. The van der Waals surface area contributed by atoms with Crippen LogP contribution in [0.3, 0.4) is 0 Å². The Morgan fingerprint density at radius 2 is 0.974 bits per heavy atom. The predicted molar refractivity (Wildman–Crippen MR) is 160 cm³/mol. The van der Waals surface area contributed by atoms with E-state index in [2.05, 4.69) is 132 Å². The van der Waals surface area contributed by atoms with Crippen molar-refractivity contribution in [3.8, 4) is 55.8 Å². The molecule has 0 radical (unpaired) electrons. The number of hydrogen-bond acceptors (Lipinski definition) is 1. The fraction of sp³-hybridized carbons (Fsp3) is 0. The van der Waals surface area contributed by atoms with Gasteiger partial charge in [0.15, 0.2) is 0 Å². The molecule has 7 aromatic rings. The van der Waals surface area contributed by atoms with E-state index < -0.39 is 0 Å². The van der Waals surface area contributed by atoms with Crippen LogP contribution in [0.25, 0.3) is 77.3 Å². The molecule has 6 aromatic carbocycles. The maximum absolute atomic E-state index is 4.60. The lowest BCUT2D eigenvalue weighted by Gasteiger charge is -2.10. The van der Waals surface area contributed by atoms with E-state index in [0.717, 1.165) is 11.3 Å². The molecule has 0 aliphatic heterocycles. The van der Waals surface area contributed by atoms with Crippen LogP contribution in [-0.4, -0.2) is 4.98 Å². The molecule has 1 heterocycles.